The number of benzene rings is 1. The molecule has 0 radical (unpaired) electrons. The van der Waals surface area contributed by atoms with Gasteiger partial charge < -0.3 is 14.6 Å². The predicted molar refractivity (Wildman–Crippen MR) is 90.7 cm³/mol. The lowest BCUT2D eigenvalue weighted by Crippen LogP contribution is -2.12. The van der Waals surface area contributed by atoms with Crippen molar-refractivity contribution in [3.63, 3.8) is 0 Å². The molecule has 0 aliphatic heterocycles. The van der Waals surface area contributed by atoms with Gasteiger partial charge in [0.25, 0.3) is 0 Å². The molecule has 3 rings (SSSR count). The maximum atomic E-state index is 10.8. The molecule has 3 aromatic rings. The van der Waals surface area contributed by atoms with E-state index in [1.165, 1.54) is 0 Å². The molecule has 0 fully saturated rings. The molecule has 0 aliphatic carbocycles. The molecular formula is C18H17N3O4. The Kier molecular flexibility index (Phi) is 5.36. The summed E-state index contributed by atoms with van der Waals surface area (Å²) in [4.78, 5) is 23.8. The highest BCUT2D eigenvalue weighted by Crippen LogP contribution is 2.20. The lowest BCUT2D eigenvalue weighted by molar-refractivity contribution is -0.136. The van der Waals surface area contributed by atoms with Crippen molar-refractivity contribution in [2.75, 3.05) is 13.2 Å². The highest BCUT2D eigenvalue weighted by molar-refractivity contribution is 5.75. The van der Waals surface area contributed by atoms with E-state index >= 15 is 0 Å². The summed E-state index contributed by atoms with van der Waals surface area (Å²) in [5.74, 6) is -0.0363. The van der Waals surface area contributed by atoms with Crippen molar-refractivity contribution in [3.8, 4) is 11.8 Å². The van der Waals surface area contributed by atoms with Gasteiger partial charge in [-0.1, -0.05) is 18.2 Å². The normalized spacial score (nSPS) is 10.6. The number of carboxylic acid groups (broad SMARTS) is 1. The Hall–Kier alpha value is -3.22. The van der Waals surface area contributed by atoms with Crippen LogP contribution in [0.15, 0.2) is 48.7 Å². The fourth-order valence-electron chi connectivity index (χ4n) is 2.24. The summed E-state index contributed by atoms with van der Waals surface area (Å²) >= 11 is 0. The number of rotatable bonds is 8. The first-order chi connectivity index (χ1) is 12.2. The summed E-state index contributed by atoms with van der Waals surface area (Å²) in [5.41, 5.74) is 1.93. The third kappa shape index (κ3) is 4.63. The number of hydrogen-bond acceptors (Lipinski definition) is 6. The van der Waals surface area contributed by atoms with E-state index in [2.05, 4.69) is 15.0 Å². The Balaban J connectivity index is 1.69. The van der Waals surface area contributed by atoms with Crippen LogP contribution >= 0.6 is 0 Å². The molecule has 2 aromatic heterocycles. The molecule has 1 N–H and O–H groups in total. The summed E-state index contributed by atoms with van der Waals surface area (Å²) in [5, 5.41) is 8.90. The van der Waals surface area contributed by atoms with Crippen molar-refractivity contribution in [2.24, 2.45) is 0 Å². The summed E-state index contributed by atoms with van der Waals surface area (Å²) in [7, 11) is 0. The average molecular weight is 339 g/mol. The van der Waals surface area contributed by atoms with Gasteiger partial charge in [-0.05, 0) is 18.2 Å². The summed E-state index contributed by atoms with van der Waals surface area (Å²) < 4.78 is 11.2. The third-order valence-electron chi connectivity index (χ3n) is 3.39. The maximum absolute atomic E-state index is 10.8. The first kappa shape index (κ1) is 16.6. The molecule has 0 bridgehead atoms. The lowest BCUT2D eigenvalue weighted by Gasteiger charge is -2.11. The Morgan fingerprint density at radius 2 is 1.68 bits per heavy atom. The average Bonchev–Trinajstić information content (AvgIpc) is 2.64. The number of para-hydroxylation sites is 2. The van der Waals surface area contributed by atoms with Crippen LogP contribution in [-0.4, -0.2) is 39.2 Å². The molecule has 0 saturated heterocycles. The van der Waals surface area contributed by atoms with Crippen LogP contribution in [0.2, 0.25) is 0 Å². The number of pyridine rings is 1. The zero-order valence-corrected chi connectivity index (χ0v) is 13.5. The van der Waals surface area contributed by atoms with Gasteiger partial charge >= 0.3 is 5.97 Å². The van der Waals surface area contributed by atoms with Gasteiger partial charge in [0, 0.05) is 18.7 Å². The standard InChI is InChI=1S/C18H17N3O4/c22-17(23)9-8-15-18(21-14-6-2-1-5-13(14)20-15)25-12-11-24-16-7-3-4-10-19-16/h1-7,10H,8-9,11-12H2,(H,22,23). The van der Waals surface area contributed by atoms with Crippen LogP contribution in [0.3, 0.4) is 0 Å². The van der Waals surface area contributed by atoms with Crippen LogP contribution in [0.4, 0.5) is 0 Å². The largest absolute Gasteiger partial charge is 0.481 e. The topological polar surface area (TPSA) is 94.4 Å². The highest BCUT2D eigenvalue weighted by Gasteiger charge is 2.12. The van der Waals surface area contributed by atoms with E-state index in [1.54, 1.807) is 12.3 Å². The number of ether oxygens (including phenoxy) is 2. The minimum atomic E-state index is -0.889. The van der Waals surface area contributed by atoms with Gasteiger partial charge in [-0.3, -0.25) is 4.79 Å². The van der Waals surface area contributed by atoms with E-state index in [0.29, 0.717) is 35.1 Å². The van der Waals surface area contributed by atoms with E-state index in [-0.39, 0.29) is 19.4 Å². The first-order valence-electron chi connectivity index (χ1n) is 7.86. The summed E-state index contributed by atoms with van der Waals surface area (Å²) in [6, 6.07) is 12.8. The Morgan fingerprint density at radius 3 is 2.40 bits per heavy atom. The van der Waals surface area contributed by atoms with Gasteiger partial charge in [-0.25, -0.2) is 15.0 Å². The molecule has 0 amide bonds. The van der Waals surface area contributed by atoms with Crippen LogP contribution in [0.1, 0.15) is 12.1 Å². The van der Waals surface area contributed by atoms with E-state index < -0.39 is 5.97 Å². The van der Waals surface area contributed by atoms with E-state index in [4.69, 9.17) is 14.6 Å². The number of hydrogen-bond donors (Lipinski definition) is 1. The molecule has 0 saturated carbocycles. The number of carboxylic acids is 1. The summed E-state index contributed by atoms with van der Waals surface area (Å²) in [6.07, 6.45) is 1.87. The van der Waals surface area contributed by atoms with Gasteiger partial charge in [-0.15, -0.1) is 0 Å². The first-order valence-corrected chi connectivity index (χ1v) is 7.86. The molecule has 0 spiro atoms. The number of aryl methyl sites for hydroxylation is 1. The van der Waals surface area contributed by atoms with Crippen LogP contribution < -0.4 is 9.47 Å². The molecule has 0 unspecified atom stereocenters. The highest BCUT2D eigenvalue weighted by atomic mass is 16.5. The van der Waals surface area contributed by atoms with Crippen LogP contribution in [0.25, 0.3) is 11.0 Å². The molecule has 7 nitrogen and oxygen atoms in total. The second kappa shape index (κ2) is 8.05. The molecule has 128 valence electrons. The van der Waals surface area contributed by atoms with Crippen molar-refractivity contribution in [1.29, 1.82) is 0 Å². The van der Waals surface area contributed by atoms with E-state index in [0.717, 1.165) is 0 Å². The van der Waals surface area contributed by atoms with Crippen molar-refractivity contribution in [3.05, 3.63) is 54.4 Å². The number of fused-ring (bicyclic) bond motifs is 1. The Bertz CT molecular complexity index is 855. The van der Waals surface area contributed by atoms with Crippen LogP contribution in [-0.2, 0) is 11.2 Å². The fraction of sp³-hybridized carbons (Fsp3) is 0.222. The number of aliphatic carboxylic acids is 1. The van der Waals surface area contributed by atoms with E-state index in [9.17, 15) is 4.79 Å². The van der Waals surface area contributed by atoms with E-state index in [1.807, 2.05) is 36.4 Å². The lowest BCUT2D eigenvalue weighted by atomic mass is 10.2. The number of aromatic nitrogens is 3. The van der Waals surface area contributed by atoms with Crippen molar-refractivity contribution >= 4 is 17.0 Å². The van der Waals surface area contributed by atoms with Crippen molar-refractivity contribution in [1.82, 2.24) is 15.0 Å². The molecule has 0 aliphatic rings. The second-order valence-corrected chi connectivity index (χ2v) is 5.22. The van der Waals surface area contributed by atoms with Gasteiger partial charge in [0.15, 0.2) is 0 Å². The van der Waals surface area contributed by atoms with Crippen molar-refractivity contribution < 1.29 is 19.4 Å². The molecule has 1 aromatic carbocycles. The quantitative estimate of drug-likeness (QED) is 0.630. The van der Waals surface area contributed by atoms with Crippen LogP contribution in [0.5, 0.6) is 11.8 Å². The van der Waals surface area contributed by atoms with Gasteiger partial charge in [0.05, 0.1) is 17.5 Å². The van der Waals surface area contributed by atoms with Gasteiger partial charge in [0.1, 0.15) is 18.9 Å². The third-order valence-corrected chi connectivity index (χ3v) is 3.39. The summed E-state index contributed by atoms with van der Waals surface area (Å²) in [6.45, 7) is 0.549. The second-order valence-electron chi connectivity index (χ2n) is 5.22. The molecule has 7 heteroatoms. The molecule has 25 heavy (non-hydrogen) atoms. The smallest absolute Gasteiger partial charge is 0.303 e. The van der Waals surface area contributed by atoms with Crippen LogP contribution in [0, 0.1) is 0 Å². The fourth-order valence-corrected chi connectivity index (χ4v) is 2.24. The zero-order chi connectivity index (χ0) is 17.5. The zero-order valence-electron chi connectivity index (χ0n) is 13.5. The maximum Gasteiger partial charge on any atom is 0.303 e. The SMILES string of the molecule is O=C(O)CCc1nc2ccccc2nc1OCCOc1ccccn1. The molecule has 0 atom stereocenters. The minimum Gasteiger partial charge on any atom is -0.481 e. The van der Waals surface area contributed by atoms with Crippen molar-refractivity contribution in [2.45, 2.75) is 12.8 Å². The minimum absolute atomic E-state index is 0.0339. The monoisotopic (exact) mass is 339 g/mol. The number of nitrogens with zero attached hydrogens (tertiary/aromatic N) is 3. The Morgan fingerprint density at radius 1 is 0.960 bits per heavy atom. The number of carbonyl (C=O) groups is 1. The Labute approximate surface area is 144 Å². The van der Waals surface area contributed by atoms with Gasteiger partial charge in [-0.2, -0.15) is 0 Å². The molecule has 2 heterocycles. The molecular weight excluding hydrogens is 322 g/mol. The predicted octanol–water partition coefficient (Wildman–Crippen LogP) is 2.50. The van der Waals surface area contributed by atoms with Gasteiger partial charge in [0.2, 0.25) is 11.8 Å².